The summed E-state index contributed by atoms with van der Waals surface area (Å²) in [6.45, 7) is 4.00. The molecule has 6 heteroatoms. The van der Waals surface area contributed by atoms with E-state index in [1.807, 2.05) is 38.2 Å². The molecular formula is C21H25N5O. The number of nitrogens with one attached hydrogen (secondary N) is 1. The molecule has 6 nitrogen and oxygen atoms in total. The molecule has 0 bridgehead atoms. The lowest BCUT2D eigenvalue weighted by Gasteiger charge is -2.25. The van der Waals surface area contributed by atoms with Gasteiger partial charge in [-0.25, -0.2) is 4.98 Å². The van der Waals surface area contributed by atoms with Crippen LogP contribution in [0.2, 0.25) is 0 Å². The van der Waals surface area contributed by atoms with Gasteiger partial charge >= 0.3 is 0 Å². The van der Waals surface area contributed by atoms with Gasteiger partial charge in [0.2, 0.25) is 0 Å². The number of hydrogen-bond donors (Lipinski definition) is 1. The zero-order chi connectivity index (χ0) is 18.8. The largest absolute Gasteiger partial charge is 0.370 e. The van der Waals surface area contributed by atoms with E-state index in [1.54, 1.807) is 10.9 Å². The molecule has 1 saturated heterocycles. The van der Waals surface area contributed by atoms with E-state index in [0.29, 0.717) is 5.56 Å². The molecule has 0 aliphatic carbocycles. The summed E-state index contributed by atoms with van der Waals surface area (Å²) in [6, 6.07) is 9.92. The van der Waals surface area contributed by atoms with E-state index in [2.05, 4.69) is 26.4 Å². The third-order valence-corrected chi connectivity index (χ3v) is 5.22. The Morgan fingerprint density at radius 1 is 1.11 bits per heavy atom. The number of hydrogen-bond acceptors (Lipinski definition) is 4. The first kappa shape index (κ1) is 17.5. The fourth-order valence-electron chi connectivity index (χ4n) is 3.79. The summed E-state index contributed by atoms with van der Waals surface area (Å²) in [5.74, 6) is -0.144. The first-order chi connectivity index (χ1) is 13.1. The van der Waals surface area contributed by atoms with Crippen LogP contribution in [0, 0.1) is 6.92 Å². The van der Waals surface area contributed by atoms with Crippen LogP contribution in [0.3, 0.4) is 0 Å². The number of nitrogens with zero attached hydrogens (tertiary/aromatic N) is 4. The molecule has 0 unspecified atom stereocenters. The molecule has 0 atom stereocenters. The topological polar surface area (TPSA) is 63.1 Å². The highest BCUT2D eigenvalue weighted by atomic mass is 16.1. The van der Waals surface area contributed by atoms with Crippen molar-refractivity contribution < 1.29 is 4.79 Å². The lowest BCUT2D eigenvalue weighted by molar-refractivity contribution is 0.102. The number of anilines is 2. The molecule has 1 amide bonds. The van der Waals surface area contributed by atoms with Crippen molar-refractivity contribution in [1.29, 1.82) is 0 Å². The molecule has 1 aromatic carbocycles. The smallest absolute Gasteiger partial charge is 0.257 e. The quantitative estimate of drug-likeness (QED) is 0.766. The summed E-state index contributed by atoms with van der Waals surface area (Å²) in [5.41, 5.74) is 4.16. The van der Waals surface area contributed by atoms with Crippen LogP contribution in [0.1, 0.15) is 41.7 Å². The maximum atomic E-state index is 12.9. The van der Waals surface area contributed by atoms with Gasteiger partial charge in [-0.2, -0.15) is 5.10 Å². The van der Waals surface area contributed by atoms with E-state index in [-0.39, 0.29) is 5.91 Å². The summed E-state index contributed by atoms with van der Waals surface area (Å²) in [5, 5.41) is 8.37. The summed E-state index contributed by atoms with van der Waals surface area (Å²) in [4.78, 5) is 19.7. The van der Waals surface area contributed by atoms with Crippen molar-refractivity contribution in [3.05, 3.63) is 47.8 Å². The predicted molar refractivity (Wildman–Crippen MR) is 108 cm³/mol. The van der Waals surface area contributed by atoms with Crippen LogP contribution >= 0.6 is 0 Å². The number of fused-ring (bicyclic) bond motifs is 1. The number of benzene rings is 1. The van der Waals surface area contributed by atoms with Crippen molar-refractivity contribution in [2.45, 2.75) is 32.6 Å². The normalized spacial score (nSPS) is 15.0. The number of amides is 1. The van der Waals surface area contributed by atoms with E-state index in [1.165, 1.54) is 25.7 Å². The summed E-state index contributed by atoms with van der Waals surface area (Å²) in [7, 11) is 1.86. The van der Waals surface area contributed by atoms with Crippen molar-refractivity contribution in [3.63, 3.8) is 0 Å². The molecule has 1 aliphatic rings. The van der Waals surface area contributed by atoms with E-state index >= 15 is 0 Å². The number of carbonyl (C=O) groups is 1. The second-order valence-corrected chi connectivity index (χ2v) is 7.18. The average molecular weight is 363 g/mol. The third kappa shape index (κ3) is 3.52. The van der Waals surface area contributed by atoms with E-state index < -0.39 is 0 Å². The standard InChI is InChI=1S/C21H25N5O/c1-15-17-13-16(14-22-20(17)25(2)24-15)21(27)23-18-9-5-6-10-19(18)26-11-7-3-4-8-12-26/h5-6,9-10,13-14H,3-4,7-8,11-12H2,1-2H3,(H,23,27). The lowest BCUT2D eigenvalue weighted by atomic mass is 10.1. The highest BCUT2D eigenvalue weighted by Crippen LogP contribution is 2.28. The maximum Gasteiger partial charge on any atom is 0.257 e. The van der Waals surface area contributed by atoms with Crippen molar-refractivity contribution >= 4 is 28.3 Å². The number of aryl methyl sites for hydroxylation is 2. The Labute approximate surface area is 159 Å². The molecular weight excluding hydrogens is 338 g/mol. The zero-order valence-electron chi connectivity index (χ0n) is 15.9. The summed E-state index contributed by atoms with van der Waals surface area (Å²) >= 11 is 0. The lowest BCUT2D eigenvalue weighted by Crippen LogP contribution is -2.25. The molecule has 0 radical (unpaired) electrons. The van der Waals surface area contributed by atoms with Crippen LogP contribution in [0.4, 0.5) is 11.4 Å². The predicted octanol–water partition coefficient (Wildman–Crippen LogP) is 3.91. The first-order valence-corrected chi connectivity index (χ1v) is 9.58. The van der Waals surface area contributed by atoms with Crippen molar-refractivity contribution in [2.75, 3.05) is 23.3 Å². The Hall–Kier alpha value is -2.89. The fraction of sp³-hybridized carbons (Fsp3) is 0.381. The van der Waals surface area contributed by atoms with Crippen molar-refractivity contribution in [1.82, 2.24) is 14.8 Å². The van der Waals surface area contributed by atoms with Gasteiger partial charge in [0.15, 0.2) is 5.65 Å². The van der Waals surface area contributed by atoms with Crippen LogP contribution in [-0.4, -0.2) is 33.8 Å². The molecule has 4 rings (SSSR count). The number of para-hydroxylation sites is 2. The molecule has 1 fully saturated rings. The summed E-state index contributed by atoms with van der Waals surface area (Å²) < 4.78 is 1.74. The molecule has 2 aromatic heterocycles. The van der Waals surface area contributed by atoms with Crippen molar-refractivity contribution in [2.24, 2.45) is 7.05 Å². The first-order valence-electron chi connectivity index (χ1n) is 9.58. The summed E-state index contributed by atoms with van der Waals surface area (Å²) in [6.07, 6.45) is 6.57. The Morgan fingerprint density at radius 2 is 1.85 bits per heavy atom. The molecule has 140 valence electrons. The molecule has 0 saturated carbocycles. The number of pyridine rings is 1. The number of aromatic nitrogens is 3. The minimum Gasteiger partial charge on any atom is -0.370 e. The van der Waals surface area contributed by atoms with Gasteiger partial charge in [0.25, 0.3) is 5.91 Å². The van der Waals surface area contributed by atoms with Crippen LogP contribution < -0.4 is 10.2 Å². The second-order valence-electron chi connectivity index (χ2n) is 7.18. The van der Waals surface area contributed by atoms with Gasteiger partial charge in [-0.05, 0) is 38.0 Å². The maximum absolute atomic E-state index is 12.9. The Morgan fingerprint density at radius 3 is 2.63 bits per heavy atom. The molecule has 27 heavy (non-hydrogen) atoms. The second kappa shape index (κ2) is 7.39. The van der Waals surface area contributed by atoms with Gasteiger partial charge in [0.1, 0.15) is 0 Å². The average Bonchev–Trinajstić information content (AvgIpc) is 2.85. The monoisotopic (exact) mass is 363 g/mol. The zero-order valence-corrected chi connectivity index (χ0v) is 15.9. The van der Waals surface area contributed by atoms with Gasteiger partial charge < -0.3 is 10.2 Å². The van der Waals surface area contributed by atoms with Crippen LogP contribution in [0.5, 0.6) is 0 Å². The van der Waals surface area contributed by atoms with Crippen LogP contribution in [0.25, 0.3) is 11.0 Å². The Bertz CT molecular complexity index is 970. The van der Waals surface area contributed by atoms with Gasteiger partial charge in [-0.1, -0.05) is 25.0 Å². The molecule has 0 spiro atoms. The Kier molecular flexibility index (Phi) is 4.79. The minimum atomic E-state index is -0.144. The minimum absolute atomic E-state index is 0.144. The molecule has 3 aromatic rings. The molecule has 3 heterocycles. The SMILES string of the molecule is Cc1nn(C)c2ncc(C(=O)Nc3ccccc3N3CCCCCC3)cc12. The van der Waals surface area contributed by atoms with Crippen LogP contribution in [0.15, 0.2) is 36.5 Å². The van der Waals surface area contributed by atoms with E-state index in [4.69, 9.17) is 0 Å². The number of rotatable bonds is 3. The Balaban J connectivity index is 1.60. The van der Waals surface area contributed by atoms with Crippen LogP contribution in [-0.2, 0) is 7.05 Å². The molecule has 1 N–H and O–H groups in total. The molecule has 1 aliphatic heterocycles. The number of carbonyl (C=O) groups excluding carboxylic acids is 1. The van der Waals surface area contributed by atoms with Gasteiger partial charge in [0.05, 0.1) is 22.6 Å². The van der Waals surface area contributed by atoms with Gasteiger partial charge in [-0.15, -0.1) is 0 Å². The highest BCUT2D eigenvalue weighted by Gasteiger charge is 2.16. The van der Waals surface area contributed by atoms with Gasteiger partial charge in [-0.3, -0.25) is 9.48 Å². The van der Waals surface area contributed by atoms with E-state index in [0.717, 1.165) is 41.2 Å². The fourth-order valence-corrected chi connectivity index (χ4v) is 3.79. The van der Waals surface area contributed by atoms with E-state index in [9.17, 15) is 4.79 Å². The van der Waals surface area contributed by atoms with Crippen molar-refractivity contribution in [3.8, 4) is 0 Å². The highest BCUT2D eigenvalue weighted by molar-refractivity contribution is 6.07. The van der Waals surface area contributed by atoms with Gasteiger partial charge in [0, 0.05) is 31.7 Å². The third-order valence-electron chi connectivity index (χ3n) is 5.22.